The van der Waals surface area contributed by atoms with E-state index in [4.69, 9.17) is 0 Å². The summed E-state index contributed by atoms with van der Waals surface area (Å²) in [6.07, 6.45) is 5.26. The number of benzene rings is 1. The summed E-state index contributed by atoms with van der Waals surface area (Å²) in [5, 5.41) is 5.15. The summed E-state index contributed by atoms with van der Waals surface area (Å²) in [6.45, 7) is 3.27. The molecule has 1 aliphatic rings. The molecule has 90 valence electrons. The summed E-state index contributed by atoms with van der Waals surface area (Å²) in [6, 6.07) is 9.47. The van der Waals surface area contributed by atoms with Gasteiger partial charge in [0.1, 0.15) is 0 Å². The van der Waals surface area contributed by atoms with Gasteiger partial charge in [-0.25, -0.2) is 0 Å². The highest BCUT2D eigenvalue weighted by Gasteiger charge is 2.21. The van der Waals surface area contributed by atoms with Gasteiger partial charge in [-0.1, -0.05) is 31.5 Å². The second kappa shape index (κ2) is 4.79. The zero-order chi connectivity index (χ0) is 11.7. The number of hydrogen-bond acceptors (Lipinski definition) is 2. The van der Waals surface area contributed by atoms with E-state index in [9.17, 15) is 0 Å². The van der Waals surface area contributed by atoms with Crippen LogP contribution in [0.1, 0.15) is 42.7 Å². The topological polar surface area (TPSA) is 12.0 Å². The molecule has 1 aliphatic carbocycles. The largest absolute Gasteiger partial charge is 0.310 e. The average molecular weight is 245 g/mol. The molecule has 0 saturated carbocycles. The van der Waals surface area contributed by atoms with Crippen LogP contribution < -0.4 is 5.32 Å². The van der Waals surface area contributed by atoms with Crippen molar-refractivity contribution in [3.63, 3.8) is 0 Å². The van der Waals surface area contributed by atoms with Crippen LogP contribution in [0.2, 0.25) is 0 Å². The molecule has 0 aliphatic heterocycles. The van der Waals surface area contributed by atoms with Crippen molar-refractivity contribution in [2.45, 2.75) is 38.6 Å². The number of fused-ring (bicyclic) bond motifs is 3. The van der Waals surface area contributed by atoms with Crippen molar-refractivity contribution in [3.8, 4) is 0 Å². The summed E-state index contributed by atoms with van der Waals surface area (Å²) < 4.78 is 1.46. The zero-order valence-electron chi connectivity index (χ0n) is 10.3. The number of aryl methyl sites for hydroxylation is 1. The molecule has 1 nitrogen and oxygen atoms in total. The van der Waals surface area contributed by atoms with E-state index in [1.165, 1.54) is 35.8 Å². The summed E-state index contributed by atoms with van der Waals surface area (Å²) in [7, 11) is 0. The van der Waals surface area contributed by atoms with Gasteiger partial charge >= 0.3 is 0 Å². The highest BCUT2D eigenvalue weighted by atomic mass is 32.1. The van der Waals surface area contributed by atoms with Crippen molar-refractivity contribution < 1.29 is 0 Å². The molecule has 2 aromatic rings. The van der Waals surface area contributed by atoms with Crippen molar-refractivity contribution in [1.82, 2.24) is 5.32 Å². The van der Waals surface area contributed by atoms with Crippen LogP contribution in [-0.2, 0) is 6.42 Å². The smallest absolute Gasteiger partial charge is 0.0417 e. The normalized spacial score (nSPS) is 20.2. The molecule has 0 bridgehead atoms. The fraction of sp³-hybridized carbons (Fsp3) is 0.467. The minimum absolute atomic E-state index is 0.592. The molecule has 0 saturated heterocycles. The Kier molecular flexibility index (Phi) is 3.17. The lowest BCUT2D eigenvalue weighted by molar-refractivity contribution is 0.510. The maximum absolute atomic E-state index is 3.65. The van der Waals surface area contributed by atoms with Crippen molar-refractivity contribution >= 4 is 21.4 Å². The fourth-order valence-electron chi connectivity index (χ4n) is 2.88. The van der Waals surface area contributed by atoms with Crippen molar-refractivity contribution in [3.05, 3.63) is 34.7 Å². The van der Waals surface area contributed by atoms with Crippen LogP contribution in [0, 0.1) is 0 Å². The minimum Gasteiger partial charge on any atom is -0.310 e. The Morgan fingerprint density at radius 3 is 3.06 bits per heavy atom. The number of hydrogen-bond donors (Lipinski definition) is 1. The predicted molar refractivity (Wildman–Crippen MR) is 75.8 cm³/mol. The Morgan fingerprint density at radius 2 is 2.18 bits per heavy atom. The maximum atomic E-state index is 3.65. The van der Waals surface area contributed by atoms with E-state index in [0.29, 0.717) is 6.04 Å². The van der Waals surface area contributed by atoms with Crippen molar-refractivity contribution in [2.24, 2.45) is 0 Å². The van der Waals surface area contributed by atoms with Gasteiger partial charge < -0.3 is 5.32 Å². The van der Waals surface area contributed by atoms with Crippen molar-refractivity contribution in [2.75, 3.05) is 6.54 Å². The van der Waals surface area contributed by atoms with Crippen LogP contribution in [0.5, 0.6) is 0 Å². The molecule has 2 heteroatoms. The average Bonchev–Trinajstić information content (AvgIpc) is 2.61. The highest BCUT2D eigenvalue weighted by Crippen LogP contribution is 2.39. The van der Waals surface area contributed by atoms with E-state index < -0.39 is 0 Å². The van der Waals surface area contributed by atoms with Gasteiger partial charge in [0.05, 0.1) is 0 Å². The third-order valence-corrected chi connectivity index (χ3v) is 4.99. The van der Waals surface area contributed by atoms with Gasteiger partial charge in [-0.15, -0.1) is 11.3 Å². The molecule has 0 spiro atoms. The van der Waals surface area contributed by atoms with Gasteiger partial charge in [-0.3, -0.25) is 0 Å². The Morgan fingerprint density at radius 1 is 1.29 bits per heavy atom. The van der Waals surface area contributed by atoms with E-state index in [-0.39, 0.29) is 0 Å². The third kappa shape index (κ3) is 2.00. The van der Waals surface area contributed by atoms with Gasteiger partial charge in [0.15, 0.2) is 0 Å². The molecule has 1 N–H and O–H groups in total. The lowest BCUT2D eigenvalue weighted by atomic mass is 10.1. The lowest BCUT2D eigenvalue weighted by Crippen LogP contribution is -2.19. The molecule has 1 atom stereocenters. The van der Waals surface area contributed by atoms with Crippen molar-refractivity contribution in [1.29, 1.82) is 0 Å². The van der Waals surface area contributed by atoms with E-state index in [2.05, 4.69) is 36.5 Å². The first kappa shape index (κ1) is 11.2. The second-order valence-corrected chi connectivity index (χ2v) is 5.88. The Hall–Kier alpha value is -0.860. The second-order valence-electron chi connectivity index (χ2n) is 4.80. The Bertz CT molecular complexity index is 515. The number of rotatable bonds is 2. The van der Waals surface area contributed by atoms with Gasteiger partial charge in [0.2, 0.25) is 0 Å². The molecular formula is C15H19NS. The van der Waals surface area contributed by atoms with Gasteiger partial charge in [0.25, 0.3) is 0 Å². The maximum Gasteiger partial charge on any atom is 0.0417 e. The van der Waals surface area contributed by atoms with E-state index >= 15 is 0 Å². The Balaban J connectivity index is 2.12. The molecule has 17 heavy (non-hydrogen) atoms. The summed E-state index contributed by atoms with van der Waals surface area (Å²) in [5.74, 6) is 0. The minimum atomic E-state index is 0.592. The first-order valence-electron chi connectivity index (χ1n) is 6.64. The summed E-state index contributed by atoms with van der Waals surface area (Å²) in [4.78, 5) is 1.60. The van der Waals surface area contributed by atoms with E-state index in [0.717, 1.165) is 6.54 Å². The Labute approximate surface area is 107 Å². The number of nitrogens with one attached hydrogen (secondary N) is 1. The predicted octanol–water partition coefficient (Wildman–Crippen LogP) is 4.28. The lowest BCUT2D eigenvalue weighted by Gasteiger charge is -2.15. The molecule has 3 rings (SSSR count). The first-order chi connectivity index (χ1) is 8.40. The molecule has 0 fully saturated rings. The fourth-order valence-corrected chi connectivity index (χ4v) is 4.24. The molecule has 1 unspecified atom stereocenters. The van der Waals surface area contributed by atoms with E-state index in [1.807, 2.05) is 11.3 Å². The number of thiophene rings is 1. The first-order valence-corrected chi connectivity index (χ1v) is 7.45. The summed E-state index contributed by atoms with van der Waals surface area (Å²) in [5.41, 5.74) is 1.62. The van der Waals surface area contributed by atoms with Crippen LogP contribution in [0.15, 0.2) is 24.3 Å². The SMILES string of the molecule is CCNC1CCCCc2c1sc1ccccc21. The summed E-state index contributed by atoms with van der Waals surface area (Å²) >= 11 is 2.00. The molecule has 1 aromatic carbocycles. The molecule has 1 aromatic heterocycles. The molecule has 0 radical (unpaired) electrons. The third-order valence-electron chi connectivity index (χ3n) is 3.67. The van der Waals surface area contributed by atoms with Crippen LogP contribution in [0.4, 0.5) is 0 Å². The van der Waals surface area contributed by atoms with Crippen LogP contribution in [0.3, 0.4) is 0 Å². The molecular weight excluding hydrogens is 226 g/mol. The van der Waals surface area contributed by atoms with Crippen LogP contribution in [-0.4, -0.2) is 6.54 Å². The van der Waals surface area contributed by atoms with Gasteiger partial charge in [-0.05, 0) is 42.8 Å². The van der Waals surface area contributed by atoms with Crippen LogP contribution >= 0.6 is 11.3 Å². The van der Waals surface area contributed by atoms with Gasteiger partial charge in [0, 0.05) is 15.6 Å². The molecule has 1 heterocycles. The van der Waals surface area contributed by atoms with Crippen LogP contribution in [0.25, 0.3) is 10.1 Å². The highest BCUT2D eigenvalue weighted by molar-refractivity contribution is 7.19. The molecule has 0 amide bonds. The monoisotopic (exact) mass is 245 g/mol. The zero-order valence-corrected chi connectivity index (χ0v) is 11.1. The standard InChI is InChI=1S/C15H19NS/c1-2-16-13-9-5-3-8-12-11-7-4-6-10-14(11)17-15(12)13/h4,6-7,10,13,16H,2-3,5,8-9H2,1H3. The van der Waals surface area contributed by atoms with E-state index in [1.54, 1.807) is 10.4 Å². The quantitative estimate of drug-likeness (QED) is 0.779. The van der Waals surface area contributed by atoms with Gasteiger partial charge in [-0.2, -0.15) is 0 Å².